The number of halogens is 6. The maximum atomic E-state index is 14.4. The van der Waals surface area contributed by atoms with E-state index in [1.54, 1.807) is 55.5 Å². The number of carbonyl (C=O) groups is 1. The van der Waals surface area contributed by atoms with Gasteiger partial charge in [0.25, 0.3) is 5.91 Å². The average Bonchev–Trinajstić information content (AvgIpc) is 3.39. The topological polar surface area (TPSA) is 46.8 Å². The molecule has 0 saturated heterocycles. The van der Waals surface area contributed by atoms with E-state index in [1.807, 2.05) is 11.5 Å². The first kappa shape index (κ1) is 27.8. The highest BCUT2D eigenvalue weighted by molar-refractivity contribution is 6.32. The Kier molecular flexibility index (Phi) is 7.20. The molecule has 0 fully saturated rings. The zero-order chi connectivity index (χ0) is 29.6. The number of hydrazone groups is 1. The van der Waals surface area contributed by atoms with Crippen molar-refractivity contribution in [2.24, 2.45) is 5.10 Å². The van der Waals surface area contributed by atoms with Gasteiger partial charge in [-0.1, -0.05) is 18.2 Å². The fraction of sp³-hybridized carbons (Fsp3) is 0.133. The minimum absolute atomic E-state index is 0.0279. The van der Waals surface area contributed by atoms with E-state index >= 15 is 0 Å². The van der Waals surface area contributed by atoms with Crippen LogP contribution in [-0.2, 0) is 11.4 Å². The Morgan fingerprint density at radius 1 is 0.829 bits per heavy atom. The van der Waals surface area contributed by atoms with E-state index in [9.17, 15) is 31.1 Å². The summed E-state index contributed by atoms with van der Waals surface area (Å²) in [6.07, 6.45) is 1.44. The van der Waals surface area contributed by atoms with E-state index in [2.05, 4.69) is 5.10 Å². The lowest BCUT2D eigenvalue weighted by Crippen LogP contribution is -2.25. The zero-order valence-electron chi connectivity index (χ0n) is 21.9. The van der Waals surface area contributed by atoms with E-state index < -0.39 is 40.7 Å². The molecule has 0 bridgehead atoms. The first-order valence-corrected chi connectivity index (χ1v) is 12.3. The van der Waals surface area contributed by atoms with Gasteiger partial charge in [-0.25, -0.2) is 26.3 Å². The summed E-state index contributed by atoms with van der Waals surface area (Å²) < 4.78 is 91.2. The highest BCUT2D eigenvalue weighted by Crippen LogP contribution is 2.34. The molecule has 5 rings (SSSR count). The van der Waals surface area contributed by atoms with Crippen molar-refractivity contribution in [2.75, 3.05) is 5.01 Å². The molecule has 2 heterocycles. The van der Waals surface area contributed by atoms with Crippen molar-refractivity contribution in [3.8, 4) is 11.4 Å². The molecule has 41 heavy (non-hydrogen) atoms. The van der Waals surface area contributed by atoms with Gasteiger partial charge in [0.1, 0.15) is 23.9 Å². The van der Waals surface area contributed by atoms with Gasteiger partial charge in [-0.3, -0.25) is 4.79 Å². The Bertz CT molecular complexity index is 1730. The molecule has 3 aromatic carbocycles. The number of benzene rings is 3. The summed E-state index contributed by atoms with van der Waals surface area (Å²) in [4.78, 5) is 13.1. The van der Waals surface area contributed by atoms with E-state index in [-0.39, 0.29) is 28.7 Å². The van der Waals surface area contributed by atoms with Crippen LogP contribution in [0.5, 0.6) is 5.75 Å². The second kappa shape index (κ2) is 10.6. The first-order chi connectivity index (χ1) is 19.5. The minimum Gasteiger partial charge on any atom is -0.489 e. The lowest BCUT2D eigenvalue weighted by atomic mass is 10.1. The molecule has 0 spiro atoms. The van der Waals surface area contributed by atoms with Gasteiger partial charge in [0.2, 0.25) is 5.82 Å². The van der Waals surface area contributed by atoms with Crippen LogP contribution in [0, 0.1) is 48.8 Å². The molecule has 0 atom stereocenters. The van der Waals surface area contributed by atoms with E-state index in [4.69, 9.17) is 4.74 Å². The monoisotopic (exact) mass is 569 g/mol. The molecule has 4 aromatic rings. The van der Waals surface area contributed by atoms with Crippen molar-refractivity contribution in [2.45, 2.75) is 27.4 Å². The number of aryl methyl sites for hydroxylation is 1. The number of carbonyl (C=O) groups excluding carboxylic acids is 1. The van der Waals surface area contributed by atoms with E-state index in [0.717, 1.165) is 11.4 Å². The second-order valence-corrected chi connectivity index (χ2v) is 9.31. The number of ether oxygens (including phenoxy) is 1. The second-order valence-electron chi connectivity index (χ2n) is 9.31. The Hall–Kier alpha value is -4.80. The Morgan fingerprint density at radius 3 is 2.07 bits per heavy atom. The molecule has 0 radical (unpaired) electrons. The number of aromatic nitrogens is 1. The van der Waals surface area contributed by atoms with Crippen LogP contribution in [0.25, 0.3) is 11.8 Å². The smallest absolute Gasteiger partial charge is 0.280 e. The fourth-order valence-corrected chi connectivity index (χ4v) is 4.57. The highest BCUT2D eigenvalue weighted by Gasteiger charge is 2.37. The van der Waals surface area contributed by atoms with Crippen molar-refractivity contribution in [3.05, 3.63) is 118 Å². The van der Waals surface area contributed by atoms with Crippen molar-refractivity contribution in [1.29, 1.82) is 0 Å². The summed E-state index contributed by atoms with van der Waals surface area (Å²) >= 11 is 0. The van der Waals surface area contributed by atoms with Crippen LogP contribution in [0.3, 0.4) is 0 Å². The number of hydrogen-bond acceptors (Lipinski definition) is 3. The Labute approximate surface area is 230 Å². The largest absolute Gasteiger partial charge is 0.489 e. The number of anilines is 1. The van der Waals surface area contributed by atoms with Crippen LogP contribution in [0.4, 0.5) is 32.0 Å². The van der Waals surface area contributed by atoms with Gasteiger partial charge < -0.3 is 9.30 Å². The molecule has 0 N–H and O–H groups in total. The molecule has 0 saturated carbocycles. The lowest BCUT2D eigenvalue weighted by molar-refractivity contribution is -0.114. The third kappa shape index (κ3) is 4.88. The van der Waals surface area contributed by atoms with E-state index in [1.165, 1.54) is 19.1 Å². The fourth-order valence-electron chi connectivity index (χ4n) is 4.57. The zero-order valence-corrected chi connectivity index (χ0v) is 21.9. The number of amides is 1. The van der Waals surface area contributed by atoms with Gasteiger partial charge in [-0.05, 0) is 68.8 Å². The van der Waals surface area contributed by atoms with Crippen LogP contribution in [0.1, 0.15) is 29.4 Å². The predicted octanol–water partition coefficient (Wildman–Crippen LogP) is 7.31. The lowest BCUT2D eigenvalue weighted by Gasteiger charge is -2.15. The van der Waals surface area contributed by atoms with E-state index in [0.29, 0.717) is 22.6 Å². The quantitative estimate of drug-likeness (QED) is 0.106. The molecule has 1 aliphatic rings. The molecular weight excluding hydrogens is 548 g/mol. The maximum absolute atomic E-state index is 14.4. The van der Waals surface area contributed by atoms with Crippen molar-refractivity contribution in [1.82, 2.24) is 4.57 Å². The third-order valence-corrected chi connectivity index (χ3v) is 6.68. The molecule has 1 amide bonds. The summed E-state index contributed by atoms with van der Waals surface area (Å²) in [6, 6.07) is 15.1. The molecule has 1 aliphatic heterocycles. The maximum Gasteiger partial charge on any atom is 0.280 e. The van der Waals surface area contributed by atoms with Crippen LogP contribution in [0.2, 0.25) is 0 Å². The minimum atomic E-state index is -2.33. The third-order valence-electron chi connectivity index (χ3n) is 6.68. The summed E-state index contributed by atoms with van der Waals surface area (Å²) in [7, 11) is 0. The standard InChI is InChI=1S/C30H21F6N3O2/c1-15-12-19(13-22-16(2)37-39(30(22)40)29-27(35)25(33)24(32)26(34)28(29)36)17(3)38(15)20-8-10-21(11-9-20)41-14-18-6-4-5-7-23(18)31/h4-13H,14H2,1-3H3/b22-13-. The van der Waals surface area contributed by atoms with Gasteiger partial charge in [0.05, 0.1) is 11.3 Å². The van der Waals surface area contributed by atoms with Gasteiger partial charge in [-0.15, -0.1) is 0 Å². The summed E-state index contributed by atoms with van der Waals surface area (Å²) in [6.45, 7) is 5.06. The molecule has 0 unspecified atom stereocenters. The number of nitrogens with zero attached hydrogens (tertiary/aromatic N) is 3. The number of hydrogen-bond donors (Lipinski definition) is 0. The Morgan fingerprint density at radius 2 is 1.44 bits per heavy atom. The van der Waals surface area contributed by atoms with Crippen LogP contribution < -0.4 is 9.75 Å². The molecular formula is C30H21F6N3O2. The molecule has 11 heteroatoms. The average molecular weight is 570 g/mol. The van der Waals surface area contributed by atoms with Gasteiger partial charge >= 0.3 is 0 Å². The van der Waals surface area contributed by atoms with Crippen molar-refractivity contribution in [3.63, 3.8) is 0 Å². The van der Waals surface area contributed by atoms with Gasteiger partial charge in [0, 0.05) is 22.6 Å². The highest BCUT2D eigenvalue weighted by atomic mass is 19.2. The molecule has 210 valence electrons. The predicted molar refractivity (Wildman–Crippen MR) is 141 cm³/mol. The number of rotatable bonds is 6. The molecule has 1 aromatic heterocycles. The van der Waals surface area contributed by atoms with Crippen LogP contribution in [0.15, 0.2) is 65.3 Å². The summed E-state index contributed by atoms with van der Waals surface area (Å²) in [5.41, 5.74) is 1.73. The summed E-state index contributed by atoms with van der Waals surface area (Å²) in [5.74, 6) is -11.9. The molecule has 5 nitrogen and oxygen atoms in total. The SMILES string of the molecule is CC1=NN(c2c(F)c(F)c(F)c(F)c2F)C(=O)/C1=C\c1cc(C)n(-c2ccc(OCc3ccccc3F)cc2)c1C. The van der Waals surface area contributed by atoms with Crippen LogP contribution in [-0.4, -0.2) is 16.2 Å². The van der Waals surface area contributed by atoms with Crippen molar-refractivity contribution >= 4 is 23.4 Å². The summed E-state index contributed by atoms with van der Waals surface area (Å²) in [5, 5.41) is 3.95. The van der Waals surface area contributed by atoms with Crippen LogP contribution >= 0.6 is 0 Å². The Balaban J connectivity index is 1.41. The van der Waals surface area contributed by atoms with Crippen molar-refractivity contribution < 1.29 is 35.9 Å². The van der Waals surface area contributed by atoms with Gasteiger partial charge in [-0.2, -0.15) is 10.1 Å². The molecule has 0 aliphatic carbocycles. The normalized spacial score (nSPS) is 14.3. The first-order valence-electron chi connectivity index (χ1n) is 12.3. The van der Waals surface area contributed by atoms with Gasteiger partial charge in [0.15, 0.2) is 23.3 Å².